The van der Waals surface area contributed by atoms with Crippen LogP contribution in [0.3, 0.4) is 0 Å². The third kappa shape index (κ3) is 8.06. The summed E-state index contributed by atoms with van der Waals surface area (Å²) in [5.41, 5.74) is 2.02. The molecule has 0 heterocycles. The zero-order valence-electron chi connectivity index (χ0n) is 14.5. The number of carbonyl (C=O) groups excluding carboxylic acids is 1. The van der Waals surface area contributed by atoms with Crippen molar-refractivity contribution in [2.24, 2.45) is 0 Å². The fraction of sp³-hybridized carbons (Fsp3) is 0.632. The van der Waals surface area contributed by atoms with E-state index >= 15 is 0 Å². The standard InChI is InChI=1S/C19H32N2O/c1-4-5-6-7-8-9-10-11-12-19(22)20-17-13-15-18(16-14-17)21(2)3/h13-16H,4-12H2,1-3H3,(H,20,22). The van der Waals surface area contributed by atoms with Crippen LogP contribution in [-0.4, -0.2) is 20.0 Å². The minimum absolute atomic E-state index is 0.128. The minimum Gasteiger partial charge on any atom is -0.378 e. The number of anilines is 2. The van der Waals surface area contributed by atoms with Crippen LogP contribution in [-0.2, 0) is 4.79 Å². The summed E-state index contributed by atoms with van der Waals surface area (Å²) in [5.74, 6) is 0.128. The molecule has 22 heavy (non-hydrogen) atoms. The van der Waals surface area contributed by atoms with Gasteiger partial charge in [0.15, 0.2) is 0 Å². The normalized spacial score (nSPS) is 10.5. The third-order valence-corrected chi connectivity index (χ3v) is 3.92. The van der Waals surface area contributed by atoms with E-state index in [2.05, 4.69) is 12.2 Å². The van der Waals surface area contributed by atoms with Crippen molar-refractivity contribution < 1.29 is 4.79 Å². The second-order valence-electron chi connectivity index (χ2n) is 6.21. The molecule has 0 aromatic heterocycles. The molecule has 1 aromatic rings. The maximum Gasteiger partial charge on any atom is 0.224 e. The van der Waals surface area contributed by atoms with Crippen molar-refractivity contribution in [1.82, 2.24) is 0 Å². The lowest BCUT2D eigenvalue weighted by Crippen LogP contribution is -2.12. The summed E-state index contributed by atoms with van der Waals surface area (Å²) in [6.45, 7) is 2.24. The van der Waals surface area contributed by atoms with E-state index in [0.29, 0.717) is 6.42 Å². The molecule has 0 spiro atoms. The molecule has 0 aliphatic carbocycles. The van der Waals surface area contributed by atoms with Crippen LogP contribution in [0.15, 0.2) is 24.3 Å². The highest BCUT2D eigenvalue weighted by atomic mass is 16.1. The second kappa shape index (κ2) is 11.1. The van der Waals surface area contributed by atoms with E-state index in [1.54, 1.807) is 0 Å². The molecule has 3 nitrogen and oxygen atoms in total. The Bertz CT molecular complexity index is 412. The first-order chi connectivity index (χ1) is 10.6. The number of amides is 1. The predicted molar refractivity (Wildman–Crippen MR) is 96.6 cm³/mol. The molecule has 0 unspecified atom stereocenters. The molecule has 0 atom stereocenters. The van der Waals surface area contributed by atoms with Crippen molar-refractivity contribution in [3.63, 3.8) is 0 Å². The third-order valence-electron chi connectivity index (χ3n) is 3.92. The van der Waals surface area contributed by atoms with Crippen LogP contribution in [0.5, 0.6) is 0 Å². The summed E-state index contributed by atoms with van der Waals surface area (Å²) in [6.07, 6.45) is 10.7. The highest BCUT2D eigenvalue weighted by Crippen LogP contribution is 2.16. The van der Waals surface area contributed by atoms with Gasteiger partial charge < -0.3 is 10.2 Å². The zero-order valence-corrected chi connectivity index (χ0v) is 14.5. The zero-order chi connectivity index (χ0) is 16.2. The molecule has 0 radical (unpaired) electrons. The first-order valence-electron chi connectivity index (χ1n) is 8.70. The molecule has 1 amide bonds. The Balaban J connectivity index is 2.10. The maximum absolute atomic E-state index is 11.9. The number of carbonyl (C=O) groups is 1. The van der Waals surface area contributed by atoms with Crippen molar-refractivity contribution in [1.29, 1.82) is 0 Å². The lowest BCUT2D eigenvalue weighted by atomic mass is 10.1. The molecule has 3 heteroatoms. The van der Waals surface area contributed by atoms with Gasteiger partial charge in [0.1, 0.15) is 0 Å². The fourth-order valence-corrected chi connectivity index (χ4v) is 2.49. The molecular weight excluding hydrogens is 272 g/mol. The Morgan fingerprint density at radius 1 is 0.909 bits per heavy atom. The summed E-state index contributed by atoms with van der Waals surface area (Å²) in [6, 6.07) is 7.96. The van der Waals surface area contributed by atoms with Crippen LogP contribution >= 0.6 is 0 Å². The van der Waals surface area contributed by atoms with E-state index in [0.717, 1.165) is 17.8 Å². The first-order valence-corrected chi connectivity index (χ1v) is 8.70. The van der Waals surface area contributed by atoms with Gasteiger partial charge in [-0.3, -0.25) is 4.79 Å². The average molecular weight is 304 g/mol. The minimum atomic E-state index is 0.128. The van der Waals surface area contributed by atoms with Crippen molar-refractivity contribution in [3.05, 3.63) is 24.3 Å². The highest BCUT2D eigenvalue weighted by Gasteiger charge is 2.03. The van der Waals surface area contributed by atoms with Gasteiger partial charge in [0.25, 0.3) is 0 Å². The second-order valence-corrected chi connectivity index (χ2v) is 6.21. The molecule has 0 aliphatic rings. The molecular formula is C19H32N2O. The van der Waals surface area contributed by atoms with E-state index in [4.69, 9.17) is 0 Å². The van der Waals surface area contributed by atoms with E-state index in [-0.39, 0.29) is 5.91 Å². The monoisotopic (exact) mass is 304 g/mol. The molecule has 124 valence electrons. The Morgan fingerprint density at radius 3 is 2.00 bits per heavy atom. The molecule has 1 aromatic carbocycles. The van der Waals surface area contributed by atoms with Crippen molar-refractivity contribution >= 4 is 17.3 Å². The van der Waals surface area contributed by atoms with Gasteiger partial charge in [-0.25, -0.2) is 0 Å². The summed E-state index contributed by atoms with van der Waals surface area (Å²) in [5, 5.41) is 2.97. The lowest BCUT2D eigenvalue weighted by molar-refractivity contribution is -0.116. The predicted octanol–water partition coefficient (Wildman–Crippen LogP) is 5.22. The SMILES string of the molecule is CCCCCCCCCCC(=O)Nc1ccc(N(C)C)cc1. The largest absolute Gasteiger partial charge is 0.378 e. The number of nitrogens with one attached hydrogen (secondary N) is 1. The Kier molecular flexibility index (Phi) is 9.36. The van der Waals surface area contributed by atoms with Crippen LogP contribution < -0.4 is 10.2 Å². The van der Waals surface area contributed by atoms with Crippen LogP contribution in [0.1, 0.15) is 64.7 Å². The van der Waals surface area contributed by atoms with E-state index in [9.17, 15) is 4.79 Å². The van der Waals surface area contributed by atoms with Crippen LogP contribution in [0.2, 0.25) is 0 Å². The van der Waals surface area contributed by atoms with Crippen molar-refractivity contribution in [2.45, 2.75) is 64.7 Å². The molecule has 1 rings (SSSR count). The van der Waals surface area contributed by atoms with Gasteiger partial charge >= 0.3 is 0 Å². The van der Waals surface area contributed by atoms with Crippen LogP contribution in [0.25, 0.3) is 0 Å². The van der Waals surface area contributed by atoms with Gasteiger partial charge in [0.05, 0.1) is 0 Å². The summed E-state index contributed by atoms with van der Waals surface area (Å²) < 4.78 is 0. The van der Waals surface area contributed by atoms with E-state index in [1.165, 1.54) is 44.9 Å². The number of rotatable bonds is 11. The Morgan fingerprint density at radius 2 is 1.45 bits per heavy atom. The number of hydrogen-bond donors (Lipinski definition) is 1. The van der Waals surface area contributed by atoms with Gasteiger partial charge in [-0.1, -0.05) is 51.9 Å². The van der Waals surface area contributed by atoms with Gasteiger partial charge in [-0.2, -0.15) is 0 Å². The highest BCUT2D eigenvalue weighted by molar-refractivity contribution is 5.90. The Hall–Kier alpha value is -1.51. The summed E-state index contributed by atoms with van der Waals surface area (Å²) in [4.78, 5) is 13.9. The summed E-state index contributed by atoms with van der Waals surface area (Å²) >= 11 is 0. The molecule has 0 saturated heterocycles. The van der Waals surface area contributed by atoms with Gasteiger partial charge in [-0.15, -0.1) is 0 Å². The average Bonchev–Trinajstić information content (AvgIpc) is 2.50. The van der Waals surface area contributed by atoms with Crippen LogP contribution in [0, 0.1) is 0 Å². The molecule has 0 bridgehead atoms. The van der Waals surface area contributed by atoms with Crippen molar-refractivity contribution in [3.8, 4) is 0 Å². The molecule has 0 saturated carbocycles. The first kappa shape index (κ1) is 18.5. The molecule has 0 aliphatic heterocycles. The number of benzene rings is 1. The van der Waals surface area contributed by atoms with Gasteiger partial charge in [0, 0.05) is 31.9 Å². The van der Waals surface area contributed by atoms with Crippen LogP contribution in [0.4, 0.5) is 11.4 Å². The Labute approximate surface area is 136 Å². The van der Waals surface area contributed by atoms with E-state index in [1.807, 2.05) is 43.3 Å². The summed E-state index contributed by atoms with van der Waals surface area (Å²) in [7, 11) is 4.02. The lowest BCUT2D eigenvalue weighted by Gasteiger charge is -2.13. The number of hydrogen-bond acceptors (Lipinski definition) is 2. The maximum atomic E-state index is 11.9. The molecule has 1 N–H and O–H groups in total. The number of unbranched alkanes of at least 4 members (excludes halogenated alkanes) is 7. The topological polar surface area (TPSA) is 32.3 Å². The quantitative estimate of drug-likeness (QED) is 0.568. The van der Waals surface area contributed by atoms with E-state index < -0.39 is 0 Å². The van der Waals surface area contributed by atoms with Crippen molar-refractivity contribution in [2.75, 3.05) is 24.3 Å². The van der Waals surface area contributed by atoms with Gasteiger partial charge in [0.2, 0.25) is 5.91 Å². The number of nitrogens with zero attached hydrogens (tertiary/aromatic N) is 1. The smallest absolute Gasteiger partial charge is 0.224 e. The van der Waals surface area contributed by atoms with Gasteiger partial charge in [-0.05, 0) is 30.7 Å². The fourth-order valence-electron chi connectivity index (χ4n) is 2.49. The molecule has 0 fully saturated rings.